The summed E-state index contributed by atoms with van der Waals surface area (Å²) in [4.78, 5) is 2.45. The molecule has 0 N–H and O–H groups in total. The molecule has 110 valence electrons. The van der Waals surface area contributed by atoms with Crippen molar-refractivity contribution in [3.8, 4) is 6.07 Å². The Kier molecular flexibility index (Phi) is 4.12. The maximum absolute atomic E-state index is 9.44. The summed E-state index contributed by atoms with van der Waals surface area (Å²) >= 11 is 0. The monoisotopic (exact) mass is 280 g/mol. The SMILES string of the molecule is CCCC[C@H]1C(c2ccccc2)=CC2C(C#N)CC1N2C. The summed E-state index contributed by atoms with van der Waals surface area (Å²) in [7, 11) is 2.20. The van der Waals surface area contributed by atoms with Crippen molar-refractivity contribution < 1.29 is 0 Å². The van der Waals surface area contributed by atoms with E-state index in [1.165, 1.54) is 30.4 Å². The van der Waals surface area contributed by atoms with Gasteiger partial charge in [-0.2, -0.15) is 5.26 Å². The second-order valence-electron chi connectivity index (χ2n) is 6.43. The van der Waals surface area contributed by atoms with E-state index in [2.05, 4.69) is 61.3 Å². The fourth-order valence-corrected chi connectivity index (χ4v) is 4.11. The van der Waals surface area contributed by atoms with Crippen LogP contribution in [0.15, 0.2) is 36.4 Å². The Balaban J connectivity index is 1.98. The zero-order valence-electron chi connectivity index (χ0n) is 13.0. The van der Waals surface area contributed by atoms with Crippen molar-refractivity contribution in [1.82, 2.24) is 4.90 Å². The van der Waals surface area contributed by atoms with Gasteiger partial charge in [0.25, 0.3) is 0 Å². The number of rotatable bonds is 4. The van der Waals surface area contributed by atoms with E-state index < -0.39 is 0 Å². The van der Waals surface area contributed by atoms with Crippen LogP contribution >= 0.6 is 0 Å². The Labute approximate surface area is 128 Å². The summed E-state index contributed by atoms with van der Waals surface area (Å²) in [5.41, 5.74) is 2.83. The third kappa shape index (κ3) is 2.51. The van der Waals surface area contributed by atoms with Gasteiger partial charge in [-0.3, -0.25) is 4.90 Å². The van der Waals surface area contributed by atoms with E-state index in [1.54, 1.807) is 0 Å². The van der Waals surface area contributed by atoms with E-state index in [9.17, 15) is 5.26 Å². The van der Waals surface area contributed by atoms with Gasteiger partial charge in [0.1, 0.15) is 0 Å². The van der Waals surface area contributed by atoms with Crippen molar-refractivity contribution in [2.24, 2.45) is 11.8 Å². The van der Waals surface area contributed by atoms with Crippen LogP contribution in [-0.2, 0) is 0 Å². The molecule has 2 nitrogen and oxygen atoms in total. The van der Waals surface area contributed by atoms with Crippen molar-refractivity contribution in [2.45, 2.75) is 44.7 Å². The van der Waals surface area contributed by atoms with Crippen molar-refractivity contribution >= 4 is 5.57 Å². The maximum atomic E-state index is 9.44. The molecule has 1 saturated heterocycles. The molecular weight excluding hydrogens is 256 g/mol. The lowest BCUT2D eigenvalue weighted by atomic mass is 9.81. The van der Waals surface area contributed by atoms with E-state index in [4.69, 9.17) is 0 Å². The van der Waals surface area contributed by atoms with E-state index in [0.717, 1.165) is 6.42 Å². The highest BCUT2D eigenvalue weighted by Crippen LogP contribution is 2.46. The molecule has 0 aromatic heterocycles. The molecule has 2 heteroatoms. The van der Waals surface area contributed by atoms with Gasteiger partial charge >= 0.3 is 0 Å². The molecule has 2 heterocycles. The smallest absolute Gasteiger partial charge is 0.0676 e. The van der Waals surface area contributed by atoms with E-state index in [-0.39, 0.29) is 5.92 Å². The highest BCUT2D eigenvalue weighted by molar-refractivity contribution is 5.70. The molecule has 21 heavy (non-hydrogen) atoms. The molecule has 0 radical (unpaired) electrons. The molecule has 1 fully saturated rings. The third-order valence-electron chi connectivity index (χ3n) is 5.26. The summed E-state index contributed by atoms with van der Waals surface area (Å²) in [6, 6.07) is 14.1. The molecule has 2 aliphatic heterocycles. The predicted octanol–water partition coefficient (Wildman–Crippen LogP) is 4.10. The van der Waals surface area contributed by atoms with Gasteiger partial charge < -0.3 is 0 Å². The topological polar surface area (TPSA) is 27.0 Å². The molecule has 0 spiro atoms. The molecule has 0 amide bonds. The lowest BCUT2D eigenvalue weighted by Crippen LogP contribution is -2.41. The van der Waals surface area contributed by atoms with E-state index >= 15 is 0 Å². The van der Waals surface area contributed by atoms with Crippen LogP contribution in [0.4, 0.5) is 0 Å². The Bertz CT molecular complexity index is 555. The third-order valence-corrected chi connectivity index (χ3v) is 5.26. The van der Waals surface area contributed by atoms with Crippen LogP contribution in [0.2, 0.25) is 0 Å². The Morgan fingerprint density at radius 2 is 2.05 bits per heavy atom. The zero-order valence-corrected chi connectivity index (χ0v) is 13.0. The van der Waals surface area contributed by atoms with Crippen LogP contribution in [0, 0.1) is 23.2 Å². The van der Waals surface area contributed by atoms with Crippen LogP contribution < -0.4 is 0 Å². The molecule has 2 bridgehead atoms. The summed E-state index contributed by atoms with van der Waals surface area (Å²) in [5, 5.41) is 9.44. The minimum atomic E-state index is 0.158. The van der Waals surface area contributed by atoms with Crippen LogP contribution in [0.3, 0.4) is 0 Å². The number of benzene rings is 1. The maximum Gasteiger partial charge on any atom is 0.0676 e. The molecule has 3 rings (SSSR count). The molecule has 1 aromatic carbocycles. The molecule has 1 aromatic rings. The summed E-state index contributed by atoms with van der Waals surface area (Å²) in [6.45, 7) is 2.26. The van der Waals surface area contributed by atoms with Gasteiger partial charge in [-0.25, -0.2) is 0 Å². The number of nitrogens with zero attached hydrogens (tertiary/aromatic N) is 2. The van der Waals surface area contributed by atoms with E-state index in [1.807, 2.05) is 0 Å². The zero-order chi connectivity index (χ0) is 14.8. The second-order valence-corrected chi connectivity index (χ2v) is 6.43. The fourth-order valence-electron chi connectivity index (χ4n) is 4.11. The molecule has 2 aliphatic rings. The average Bonchev–Trinajstić information content (AvgIpc) is 2.74. The molecule has 0 saturated carbocycles. The first kappa shape index (κ1) is 14.4. The summed E-state index contributed by atoms with van der Waals surface area (Å²) < 4.78 is 0. The molecular formula is C19H24N2. The van der Waals surface area contributed by atoms with Gasteiger partial charge in [-0.1, -0.05) is 56.2 Å². The summed E-state index contributed by atoms with van der Waals surface area (Å²) in [5.74, 6) is 0.734. The quantitative estimate of drug-likeness (QED) is 0.830. The predicted molar refractivity (Wildman–Crippen MR) is 86.5 cm³/mol. The van der Waals surface area contributed by atoms with Gasteiger partial charge in [-0.15, -0.1) is 0 Å². The van der Waals surface area contributed by atoms with Crippen molar-refractivity contribution in [3.63, 3.8) is 0 Å². The lowest BCUT2D eigenvalue weighted by molar-refractivity contribution is 0.207. The minimum Gasteiger partial charge on any atom is -0.295 e. The first-order valence-corrected chi connectivity index (χ1v) is 8.15. The largest absolute Gasteiger partial charge is 0.295 e. The Hall–Kier alpha value is -1.59. The lowest BCUT2D eigenvalue weighted by Gasteiger charge is -2.38. The van der Waals surface area contributed by atoms with Crippen LogP contribution in [0.5, 0.6) is 0 Å². The molecule has 3 unspecified atom stereocenters. The van der Waals surface area contributed by atoms with Crippen LogP contribution in [0.1, 0.15) is 38.2 Å². The van der Waals surface area contributed by atoms with Crippen LogP contribution in [0.25, 0.3) is 5.57 Å². The Morgan fingerprint density at radius 1 is 1.29 bits per heavy atom. The van der Waals surface area contributed by atoms with Crippen molar-refractivity contribution in [1.29, 1.82) is 5.26 Å². The van der Waals surface area contributed by atoms with Crippen LogP contribution in [-0.4, -0.2) is 24.0 Å². The number of hydrogen-bond acceptors (Lipinski definition) is 2. The minimum absolute atomic E-state index is 0.158. The van der Waals surface area contributed by atoms with Gasteiger partial charge in [0, 0.05) is 12.1 Å². The number of nitriles is 1. The number of fused-ring (bicyclic) bond motifs is 2. The first-order valence-electron chi connectivity index (χ1n) is 8.15. The van der Waals surface area contributed by atoms with Crippen molar-refractivity contribution in [2.75, 3.05) is 7.05 Å². The number of unbranched alkanes of at least 4 members (excludes halogenated alkanes) is 1. The standard InChI is InChI=1S/C19H24N2/c1-3-4-10-16-17(14-8-6-5-7-9-14)12-18-15(13-20)11-19(16)21(18)2/h5-9,12,15-16,18-19H,3-4,10-11H2,1-2H3/t15?,16-,18?,19?/m0/s1. The van der Waals surface area contributed by atoms with Crippen molar-refractivity contribution in [3.05, 3.63) is 42.0 Å². The van der Waals surface area contributed by atoms with E-state index in [0.29, 0.717) is 18.0 Å². The first-order chi connectivity index (χ1) is 10.3. The fraction of sp³-hybridized carbons (Fsp3) is 0.526. The number of likely N-dealkylation sites (N-methyl/N-ethyl adjacent to an activating group) is 1. The number of hydrogen-bond donors (Lipinski definition) is 0. The average molecular weight is 280 g/mol. The highest BCUT2D eigenvalue weighted by Gasteiger charge is 2.46. The van der Waals surface area contributed by atoms with Gasteiger partial charge in [0.15, 0.2) is 0 Å². The van der Waals surface area contributed by atoms with Gasteiger partial charge in [0.05, 0.1) is 12.0 Å². The van der Waals surface area contributed by atoms with Gasteiger partial charge in [0.2, 0.25) is 0 Å². The summed E-state index contributed by atoms with van der Waals surface area (Å²) in [6.07, 6.45) is 7.14. The highest BCUT2D eigenvalue weighted by atomic mass is 15.2. The second kappa shape index (κ2) is 6.03. The Morgan fingerprint density at radius 3 is 2.71 bits per heavy atom. The normalized spacial score (nSPS) is 31.8. The molecule has 4 atom stereocenters. The molecule has 0 aliphatic carbocycles. The van der Waals surface area contributed by atoms with Gasteiger partial charge in [-0.05, 0) is 36.9 Å².